The molecule has 0 spiro atoms. The van der Waals surface area contributed by atoms with Gasteiger partial charge in [-0.2, -0.15) is 0 Å². The van der Waals surface area contributed by atoms with Gasteiger partial charge in [0, 0.05) is 15.7 Å². The van der Waals surface area contributed by atoms with Crippen LogP contribution in [0.4, 0.5) is 0 Å². The Morgan fingerprint density at radius 3 is 2.43 bits per heavy atom. The standard InChI is InChI=1S/C22H16O6S2/c1-2-27-22(24)17-12-14(29-30(25,26)15-8-4-3-5-9-15)13-19-20(17)21(23)16-10-6-7-11-18(16)28-19/h3-13H,2H2,1H3. The summed E-state index contributed by atoms with van der Waals surface area (Å²) in [6, 6.07) is 17.4. The van der Waals surface area contributed by atoms with Crippen LogP contribution in [0.2, 0.25) is 0 Å². The fourth-order valence-corrected chi connectivity index (χ4v) is 5.91. The van der Waals surface area contributed by atoms with Crippen molar-refractivity contribution in [2.24, 2.45) is 0 Å². The number of esters is 1. The molecule has 4 rings (SSSR count). The molecular formula is C22H16O6S2. The highest BCUT2D eigenvalue weighted by atomic mass is 33.1. The Labute approximate surface area is 175 Å². The first-order valence-corrected chi connectivity index (χ1v) is 11.9. The fraction of sp³-hybridized carbons (Fsp3) is 0.0909. The van der Waals surface area contributed by atoms with E-state index in [-0.39, 0.29) is 38.4 Å². The van der Waals surface area contributed by atoms with Crippen molar-refractivity contribution in [1.82, 2.24) is 0 Å². The Hall–Kier alpha value is -3.10. The molecule has 0 aliphatic carbocycles. The molecule has 0 saturated heterocycles. The molecule has 0 saturated carbocycles. The molecule has 3 aromatic carbocycles. The van der Waals surface area contributed by atoms with Crippen molar-refractivity contribution in [2.45, 2.75) is 16.7 Å². The van der Waals surface area contributed by atoms with Crippen LogP contribution < -0.4 is 5.43 Å². The zero-order valence-electron chi connectivity index (χ0n) is 15.8. The lowest BCUT2D eigenvalue weighted by atomic mass is 10.1. The van der Waals surface area contributed by atoms with Crippen molar-refractivity contribution in [3.8, 4) is 0 Å². The molecule has 0 unspecified atom stereocenters. The second kappa shape index (κ2) is 7.97. The molecule has 4 aromatic rings. The molecule has 0 bridgehead atoms. The van der Waals surface area contributed by atoms with Gasteiger partial charge in [-0.05, 0) is 43.3 Å². The van der Waals surface area contributed by atoms with Gasteiger partial charge in [0.25, 0.3) is 0 Å². The van der Waals surface area contributed by atoms with Crippen molar-refractivity contribution in [1.29, 1.82) is 0 Å². The van der Waals surface area contributed by atoms with Crippen LogP contribution >= 0.6 is 10.8 Å². The maximum atomic E-state index is 13.0. The summed E-state index contributed by atoms with van der Waals surface area (Å²) in [4.78, 5) is 26.0. The second-order valence-electron chi connectivity index (χ2n) is 6.34. The highest BCUT2D eigenvalue weighted by Crippen LogP contribution is 2.34. The maximum absolute atomic E-state index is 13.0. The average molecular weight is 440 g/mol. The average Bonchev–Trinajstić information content (AvgIpc) is 2.74. The van der Waals surface area contributed by atoms with Crippen LogP contribution in [0.5, 0.6) is 0 Å². The summed E-state index contributed by atoms with van der Waals surface area (Å²) >= 11 is 0. The minimum atomic E-state index is -3.74. The predicted molar refractivity (Wildman–Crippen MR) is 115 cm³/mol. The molecule has 0 fully saturated rings. The monoisotopic (exact) mass is 440 g/mol. The Morgan fingerprint density at radius 2 is 1.70 bits per heavy atom. The molecule has 1 heterocycles. The van der Waals surface area contributed by atoms with Gasteiger partial charge in [-0.1, -0.05) is 30.3 Å². The lowest BCUT2D eigenvalue weighted by Gasteiger charge is -2.10. The number of fused-ring (bicyclic) bond motifs is 2. The van der Waals surface area contributed by atoms with Crippen LogP contribution in [-0.4, -0.2) is 21.0 Å². The van der Waals surface area contributed by atoms with E-state index in [4.69, 9.17) is 9.15 Å². The molecule has 0 aliphatic rings. The minimum Gasteiger partial charge on any atom is -0.462 e. The lowest BCUT2D eigenvalue weighted by molar-refractivity contribution is 0.0528. The predicted octanol–water partition coefficient (Wildman–Crippen LogP) is 4.60. The van der Waals surface area contributed by atoms with Gasteiger partial charge in [-0.25, -0.2) is 13.2 Å². The van der Waals surface area contributed by atoms with Crippen LogP contribution in [0.3, 0.4) is 0 Å². The Balaban J connectivity index is 1.95. The molecule has 0 amide bonds. The van der Waals surface area contributed by atoms with Gasteiger partial charge in [-0.15, -0.1) is 0 Å². The molecule has 8 heteroatoms. The first-order chi connectivity index (χ1) is 14.4. The number of benzene rings is 3. The van der Waals surface area contributed by atoms with Crippen molar-refractivity contribution >= 4 is 47.6 Å². The minimum absolute atomic E-state index is 0.0281. The van der Waals surface area contributed by atoms with Gasteiger partial charge in [0.2, 0.25) is 14.3 Å². The summed E-state index contributed by atoms with van der Waals surface area (Å²) in [5, 5.41) is 0.390. The zero-order valence-corrected chi connectivity index (χ0v) is 17.5. The van der Waals surface area contributed by atoms with Gasteiger partial charge >= 0.3 is 5.97 Å². The smallest absolute Gasteiger partial charge is 0.339 e. The molecule has 6 nitrogen and oxygen atoms in total. The van der Waals surface area contributed by atoms with E-state index < -0.39 is 14.8 Å². The largest absolute Gasteiger partial charge is 0.462 e. The first-order valence-electron chi connectivity index (χ1n) is 9.07. The number of ether oxygens (including phenoxy) is 1. The summed E-state index contributed by atoms with van der Waals surface area (Å²) in [5.74, 6) is -0.718. The highest BCUT2D eigenvalue weighted by molar-refractivity contribution is 8.72. The van der Waals surface area contributed by atoms with E-state index >= 15 is 0 Å². The molecule has 0 radical (unpaired) electrons. The van der Waals surface area contributed by atoms with Crippen LogP contribution in [0.25, 0.3) is 21.9 Å². The lowest BCUT2D eigenvalue weighted by Crippen LogP contribution is -2.12. The topological polar surface area (TPSA) is 90.7 Å². The highest BCUT2D eigenvalue weighted by Gasteiger charge is 2.22. The number of para-hydroxylation sites is 1. The van der Waals surface area contributed by atoms with Crippen LogP contribution in [0.15, 0.2) is 85.7 Å². The molecule has 0 N–H and O–H groups in total. The zero-order chi connectivity index (χ0) is 21.3. The molecular weight excluding hydrogens is 424 g/mol. The maximum Gasteiger partial charge on any atom is 0.339 e. The van der Waals surface area contributed by atoms with Crippen LogP contribution in [0, 0.1) is 0 Å². The molecule has 1 aromatic heterocycles. The molecule has 30 heavy (non-hydrogen) atoms. The SMILES string of the molecule is CCOC(=O)c1cc(SS(=O)(=O)c2ccccc2)cc2oc3ccccc3c(=O)c12. The number of hydrogen-bond donors (Lipinski definition) is 0. The summed E-state index contributed by atoms with van der Waals surface area (Å²) in [6.45, 7) is 1.76. The summed E-state index contributed by atoms with van der Waals surface area (Å²) in [7, 11) is -3.17. The van der Waals surface area contributed by atoms with Crippen molar-refractivity contribution in [2.75, 3.05) is 6.61 Å². The Kier molecular flexibility index (Phi) is 5.36. The Bertz CT molecular complexity index is 1420. The van der Waals surface area contributed by atoms with E-state index in [0.29, 0.717) is 21.8 Å². The number of rotatable bonds is 5. The molecule has 152 valence electrons. The van der Waals surface area contributed by atoms with Gasteiger partial charge in [-0.3, -0.25) is 4.79 Å². The quantitative estimate of drug-likeness (QED) is 0.254. The summed E-state index contributed by atoms with van der Waals surface area (Å²) in [5.41, 5.74) is 0.0601. The third-order valence-corrected chi connectivity index (χ3v) is 7.70. The Morgan fingerprint density at radius 1 is 1.00 bits per heavy atom. The van der Waals surface area contributed by atoms with Gasteiger partial charge in [0.15, 0.2) is 0 Å². The summed E-state index contributed by atoms with van der Waals surface area (Å²) in [6.07, 6.45) is 0. The van der Waals surface area contributed by atoms with E-state index in [2.05, 4.69) is 0 Å². The third-order valence-electron chi connectivity index (χ3n) is 4.39. The van der Waals surface area contributed by atoms with E-state index in [0.717, 1.165) is 0 Å². The first kappa shape index (κ1) is 20.2. The van der Waals surface area contributed by atoms with Gasteiger partial charge < -0.3 is 9.15 Å². The number of carbonyl (C=O) groups is 1. The summed E-state index contributed by atoms with van der Waals surface area (Å²) < 4.78 is 36.5. The van der Waals surface area contributed by atoms with Crippen LogP contribution in [0.1, 0.15) is 17.3 Å². The molecule has 0 atom stereocenters. The third kappa shape index (κ3) is 3.71. The second-order valence-corrected chi connectivity index (χ2v) is 10.2. The van der Waals surface area contributed by atoms with Crippen LogP contribution in [-0.2, 0) is 13.6 Å². The van der Waals surface area contributed by atoms with E-state index in [1.807, 2.05) is 0 Å². The van der Waals surface area contributed by atoms with E-state index in [1.165, 1.54) is 24.3 Å². The van der Waals surface area contributed by atoms with Gasteiger partial charge in [0.1, 0.15) is 11.2 Å². The molecule has 0 aliphatic heterocycles. The number of carbonyl (C=O) groups excluding carboxylic acids is 1. The van der Waals surface area contributed by atoms with E-state index in [9.17, 15) is 18.0 Å². The van der Waals surface area contributed by atoms with Crippen molar-refractivity contribution in [3.05, 3.63) is 82.5 Å². The normalized spacial score (nSPS) is 11.6. The van der Waals surface area contributed by atoms with Crippen molar-refractivity contribution in [3.63, 3.8) is 0 Å². The van der Waals surface area contributed by atoms with Crippen molar-refractivity contribution < 1.29 is 22.4 Å². The fourth-order valence-electron chi connectivity index (χ4n) is 3.08. The number of hydrogen-bond acceptors (Lipinski definition) is 7. The van der Waals surface area contributed by atoms with Gasteiger partial charge in [0.05, 0.1) is 27.8 Å². The van der Waals surface area contributed by atoms with E-state index in [1.54, 1.807) is 49.4 Å².